The van der Waals surface area contributed by atoms with Crippen molar-refractivity contribution in [2.24, 2.45) is 5.92 Å². The largest absolute Gasteiger partial charge is 0.347 e. The van der Waals surface area contributed by atoms with Crippen molar-refractivity contribution >= 4 is 5.91 Å². The van der Waals surface area contributed by atoms with Crippen LogP contribution in [0.1, 0.15) is 37.1 Å². The summed E-state index contributed by atoms with van der Waals surface area (Å²) in [5.74, 6) is 1.23. The van der Waals surface area contributed by atoms with Gasteiger partial charge in [0.15, 0.2) is 0 Å². The van der Waals surface area contributed by atoms with Crippen LogP contribution in [0.5, 0.6) is 0 Å². The normalized spacial score (nSPS) is 21.6. The molecule has 2 saturated heterocycles. The van der Waals surface area contributed by atoms with Crippen molar-refractivity contribution < 1.29 is 4.79 Å². The Balaban J connectivity index is 1.22. The number of nitrogens with one attached hydrogen (secondary N) is 1. The molecule has 0 unspecified atom stereocenters. The lowest BCUT2D eigenvalue weighted by Crippen LogP contribution is -2.51. The molecule has 2 aromatic rings. The van der Waals surface area contributed by atoms with Crippen LogP contribution in [0.4, 0.5) is 0 Å². The maximum Gasteiger partial charge on any atom is 0.227 e. The van der Waals surface area contributed by atoms with Gasteiger partial charge in [0.05, 0.1) is 12.5 Å². The van der Waals surface area contributed by atoms with Crippen LogP contribution < -0.4 is 0 Å². The van der Waals surface area contributed by atoms with E-state index in [0.717, 1.165) is 44.7 Å². The molecule has 0 saturated carbocycles. The SMILES string of the molecule is CN(Cc1ncc[nH]1)C(=O)[C@H]1CCCN(C2CCN(CCc3ccccc3)CC2)C1. The Morgan fingerprint density at radius 3 is 2.70 bits per heavy atom. The van der Waals surface area contributed by atoms with Crippen molar-refractivity contribution in [2.75, 3.05) is 39.8 Å². The maximum absolute atomic E-state index is 13.0. The van der Waals surface area contributed by atoms with Gasteiger partial charge in [-0.15, -0.1) is 0 Å². The summed E-state index contributed by atoms with van der Waals surface area (Å²) in [5, 5.41) is 0. The van der Waals surface area contributed by atoms with Crippen LogP contribution in [0, 0.1) is 5.92 Å². The number of likely N-dealkylation sites (tertiary alicyclic amines) is 2. The summed E-state index contributed by atoms with van der Waals surface area (Å²) < 4.78 is 0. The number of rotatable bonds is 7. The first-order chi connectivity index (χ1) is 14.7. The maximum atomic E-state index is 13.0. The smallest absolute Gasteiger partial charge is 0.227 e. The van der Waals surface area contributed by atoms with E-state index in [4.69, 9.17) is 0 Å². The molecule has 0 radical (unpaired) electrons. The Labute approximate surface area is 180 Å². The van der Waals surface area contributed by atoms with Gasteiger partial charge in [0, 0.05) is 38.6 Å². The second-order valence-corrected chi connectivity index (χ2v) is 8.87. The van der Waals surface area contributed by atoms with Gasteiger partial charge in [0.1, 0.15) is 5.82 Å². The number of piperidine rings is 2. The summed E-state index contributed by atoms with van der Waals surface area (Å²) >= 11 is 0. The zero-order chi connectivity index (χ0) is 20.8. The summed E-state index contributed by atoms with van der Waals surface area (Å²) in [7, 11) is 1.90. The van der Waals surface area contributed by atoms with Gasteiger partial charge in [-0.25, -0.2) is 4.98 Å². The number of aromatic nitrogens is 2. The molecular formula is C24H35N5O. The van der Waals surface area contributed by atoms with E-state index in [2.05, 4.69) is 50.1 Å². The first kappa shape index (κ1) is 21.1. The van der Waals surface area contributed by atoms with Crippen molar-refractivity contribution in [3.63, 3.8) is 0 Å². The molecule has 0 aliphatic carbocycles. The second kappa shape index (κ2) is 10.2. The van der Waals surface area contributed by atoms with Gasteiger partial charge in [0.2, 0.25) is 5.91 Å². The number of nitrogens with zero attached hydrogens (tertiary/aromatic N) is 4. The van der Waals surface area contributed by atoms with Crippen LogP contribution in [-0.2, 0) is 17.8 Å². The Hall–Kier alpha value is -2.18. The highest BCUT2D eigenvalue weighted by atomic mass is 16.2. The lowest BCUT2D eigenvalue weighted by atomic mass is 9.93. The summed E-state index contributed by atoms with van der Waals surface area (Å²) in [6, 6.07) is 11.4. The number of amides is 1. The molecule has 3 heterocycles. The summed E-state index contributed by atoms with van der Waals surface area (Å²) in [5.41, 5.74) is 1.43. The number of benzene rings is 1. The Morgan fingerprint density at radius 1 is 1.17 bits per heavy atom. The molecule has 6 nitrogen and oxygen atoms in total. The van der Waals surface area contributed by atoms with E-state index < -0.39 is 0 Å². The zero-order valence-electron chi connectivity index (χ0n) is 18.2. The zero-order valence-corrected chi connectivity index (χ0v) is 18.2. The minimum Gasteiger partial charge on any atom is -0.347 e. The summed E-state index contributed by atoms with van der Waals surface area (Å²) in [4.78, 5) is 27.3. The highest BCUT2D eigenvalue weighted by molar-refractivity contribution is 5.78. The van der Waals surface area contributed by atoms with Gasteiger partial charge in [-0.2, -0.15) is 0 Å². The van der Waals surface area contributed by atoms with Crippen molar-refractivity contribution in [1.29, 1.82) is 0 Å². The van der Waals surface area contributed by atoms with E-state index in [1.165, 1.54) is 31.5 Å². The number of imidazole rings is 1. The Morgan fingerprint density at radius 2 is 1.97 bits per heavy atom. The highest BCUT2D eigenvalue weighted by Gasteiger charge is 2.32. The fourth-order valence-electron chi connectivity index (χ4n) is 4.98. The molecule has 1 amide bonds. The van der Waals surface area contributed by atoms with Gasteiger partial charge in [-0.05, 0) is 57.3 Å². The minimum absolute atomic E-state index is 0.120. The van der Waals surface area contributed by atoms with Crippen molar-refractivity contribution in [2.45, 2.75) is 44.7 Å². The van der Waals surface area contributed by atoms with E-state index in [0.29, 0.717) is 12.6 Å². The van der Waals surface area contributed by atoms with Crippen LogP contribution in [0.3, 0.4) is 0 Å². The molecule has 162 valence electrons. The molecule has 1 aromatic heterocycles. The Bertz CT molecular complexity index is 770. The monoisotopic (exact) mass is 409 g/mol. The van der Waals surface area contributed by atoms with Gasteiger partial charge in [-0.1, -0.05) is 30.3 Å². The van der Waals surface area contributed by atoms with E-state index in [-0.39, 0.29) is 11.8 Å². The number of carbonyl (C=O) groups excluding carboxylic acids is 1. The van der Waals surface area contributed by atoms with Gasteiger partial charge >= 0.3 is 0 Å². The van der Waals surface area contributed by atoms with Crippen LogP contribution in [0.15, 0.2) is 42.7 Å². The molecule has 1 atom stereocenters. The number of carbonyl (C=O) groups is 1. The molecule has 2 fully saturated rings. The predicted octanol–water partition coefficient (Wildman–Crippen LogP) is 2.79. The molecule has 2 aliphatic rings. The lowest BCUT2D eigenvalue weighted by molar-refractivity contribution is -0.137. The number of aromatic amines is 1. The predicted molar refractivity (Wildman–Crippen MR) is 119 cm³/mol. The molecule has 30 heavy (non-hydrogen) atoms. The number of H-pyrrole nitrogens is 1. The van der Waals surface area contributed by atoms with Crippen LogP contribution in [0.25, 0.3) is 0 Å². The molecule has 0 spiro atoms. The topological polar surface area (TPSA) is 55.5 Å². The molecule has 2 aliphatic heterocycles. The fraction of sp³-hybridized carbons (Fsp3) is 0.583. The average Bonchev–Trinajstić information content (AvgIpc) is 3.31. The standard InChI is InChI=1S/C24H35N5O/c1-27(19-23-25-12-13-26-23)24(30)21-8-5-14-29(18-21)22-10-16-28(17-11-22)15-9-20-6-3-2-4-7-20/h2-4,6-7,12-13,21-22H,5,8-11,14-19H2,1H3,(H,25,26)/t21-/m0/s1. The van der Waals surface area contributed by atoms with Crippen LogP contribution in [0.2, 0.25) is 0 Å². The third kappa shape index (κ3) is 5.49. The molecule has 0 bridgehead atoms. The van der Waals surface area contributed by atoms with E-state index in [9.17, 15) is 4.79 Å². The van der Waals surface area contributed by atoms with E-state index >= 15 is 0 Å². The quantitative estimate of drug-likeness (QED) is 0.764. The van der Waals surface area contributed by atoms with Crippen molar-refractivity contribution in [1.82, 2.24) is 24.7 Å². The van der Waals surface area contributed by atoms with E-state index in [1.807, 2.05) is 18.1 Å². The molecule has 4 rings (SSSR count). The summed E-state index contributed by atoms with van der Waals surface area (Å²) in [6.07, 6.45) is 9.25. The molecule has 1 aromatic carbocycles. The van der Waals surface area contributed by atoms with Gasteiger partial charge in [0.25, 0.3) is 0 Å². The second-order valence-electron chi connectivity index (χ2n) is 8.87. The van der Waals surface area contributed by atoms with Crippen LogP contribution in [-0.4, -0.2) is 76.4 Å². The highest BCUT2D eigenvalue weighted by Crippen LogP contribution is 2.25. The van der Waals surface area contributed by atoms with Crippen molar-refractivity contribution in [3.05, 3.63) is 54.1 Å². The first-order valence-electron chi connectivity index (χ1n) is 11.4. The average molecular weight is 410 g/mol. The number of hydrogen-bond acceptors (Lipinski definition) is 4. The Kier molecular flexibility index (Phi) is 7.18. The minimum atomic E-state index is 0.120. The van der Waals surface area contributed by atoms with Gasteiger partial charge < -0.3 is 14.8 Å². The third-order valence-electron chi connectivity index (χ3n) is 6.75. The number of hydrogen-bond donors (Lipinski definition) is 1. The van der Waals surface area contributed by atoms with E-state index in [1.54, 1.807) is 6.20 Å². The fourth-order valence-corrected chi connectivity index (χ4v) is 4.98. The van der Waals surface area contributed by atoms with Crippen LogP contribution >= 0.6 is 0 Å². The third-order valence-corrected chi connectivity index (χ3v) is 6.75. The lowest BCUT2D eigenvalue weighted by Gasteiger charge is -2.42. The molecule has 1 N–H and O–H groups in total. The molecule has 6 heteroatoms. The van der Waals surface area contributed by atoms with Crippen molar-refractivity contribution in [3.8, 4) is 0 Å². The molecular weight excluding hydrogens is 374 g/mol. The first-order valence-corrected chi connectivity index (χ1v) is 11.4. The van der Waals surface area contributed by atoms with Gasteiger partial charge in [-0.3, -0.25) is 9.69 Å². The summed E-state index contributed by atoms with van der Waals surface area (Å²) in [6.45, 7) is 6.10.